The standard InChI is InChI=1S/C15H24BrN3O2/c1-4-5-17-7-11-6-12(16)8-18-15(11)19-9-13(20-2)14(10-19)21-3/h6,8,13-14,17H,4-5,7,9-10H2,1-3H3. The van der Waals surface area contributed by atoms with E-state index in [1.54, 1.807) is 14.2 Å². The fourth-order valence-corrected chi connectivity index (χ4v) is 3.04. The zero-order chi connectivity index (χ0) is 15.2. The van der Waals surface area contributed by atoms with Crippen LogP contribution in [0.15, 0.2) is 16.7 Å². The maximum Gasteiger partial charge on any atom is 0.133 e. The van der Waals surface area contributed by atoms with E-state index in [9.17, 15) is 0 Å². The summed E-state index contributed by atoms with van der Waals surface area (Å²) in [5.74, 6) is 1.02. The lowest BCUT2D eigenvalue weighted by Crippen LogP contribution is -2.27. The molecule has 2 rings (SSSR count). The van der Waals surface area contributed by atoms with Crippen molar-refractivity contribution >= 4 is 21.7 Å². The van der Waals surface area contributed by atoms with E-state index in [0.717, 1.165) is 42.9 Å². The molecule has 0 aliphatic carbocycles. The van der Waals surface area contributed by atoms with E-state index in [1.807, 2.05) is 6.20 Å². The molecule has 1 aliphatic rings. The first kappa shape index (κ1) is 16.7. The molecule has 2 atom stereocenters. The van der Waals surface area contributed by atoms with E-state index < -0.39 is 0 Å². The van der Waals surface area contributed by atoms with E-state index >= 15 is 0 Å². The molecule has 0 spiro atoms. The highest BCUT2D eigenvalue weighted by molar-refractivity contribution is 9.10. The Morgan fingerprint density at radius 3 is 2.57 bits per heavy atom. The molecule has 2 heterocycles. The van der Waals surface area contributed by atoms with Gasteiger partial charge in [-0.25, -0.2) is 4.98 Å². The molecule has 1 fully saturated rings. The van der Waals surface area contributed by atoms with Gasteiger partial charge in [-0.3, -0.25) is 0 Å². The van der Waals surface area contributed by atoms with Gasteiger partial charge in [0.25, 0.3) is 0 Å². The van der Waals surface area contributed by atoms with Crippen LogP contribution in [0, 0.1) is 0 Å². The zero-order valence-corrected chi connectivity index (χ0v) is 14.5. The molecule has 0 aromatic carbocycles. The summed E-state index contributed by atoms with van der Waals surface area (Å²) in [6.45, 7) is 5.61. The maximum atomic E-state index is 5.51. The van der Waals surface area contributed by atoms with Crippen LogP contribution in [0.2, 0.25) is 0 Å². The molecule has 5 nitrogen and oxygen atoms in total. The summed E-state index contributed by atoms with van der Waals surface area (Å²) in [5.41, 5.74) is 1.20. The second-order valence-corrected chi connectivity index (χ2v) is 6.18. The Morgan fingerprint density at radius 2 is 2.00 bits per heavy atom. The molecule has 1 aromatic heterocycles. The third-order valence-corrected chi connectivity index (χ3v) is 4.21. The molecule has 0 radical (unpaired) electrons. The molecule has 0 amide bonds. The molecular formula is C15H24BrN3O2. The second-order valence-electron chi connectivity index (χ2n) is 5.27. The van der Waals surface area contributed by atoms with Crippen LogP contribution in [-0.2, 0) is 16.0 Å². The van der Waals surface area contributed by atoms with Crippen molar-refractivity contribution < 1.29 is 9.47 Å². The minimum absolute atomic E-state index is 0.0943. The Hall–Kier alpha value is -0.690. The van der Waals surface area contributed by atoms with E-state index in [1.165, 1.54) is 5.56 Å². The lowest BCUT2D eigenvalue weighted by atomic mass is 10.2. The Balaban J connectivity index is 2.15. The van der Waals surface area contributed by atoms with Crippen molar-refractivity contribution in [3.63, 3.8) is 0 Å². The number of rotatable bonds is 7. The molecule has 21 heavy (non-hydrogen) atoms. The lowest BCUT2D eigenvalue weighted by Gasteiger charge is -2.21. The van der Waals surface area contributed by atoms with Crippen molar-refractivity contribution in [1.29, 1.82) is 0 Å². The predicted molar refractivity (Wildman–Crippen MR) is 87.7 cm³/mol. The summed E-state index contributed by atoms with van der Waals surface area (Å²) in [6, 6.07) is 2.13. The summed E-state index contributed by atoms with van der Waals surface area (Å²) in [4.78, 5) is 6.85. The number of hydrogen-bond donors (Lipinski definition) is 1. The van der Waals surface area contributed by atoms with Crippen molar-refractivity contribution in [3.8, 4) is 0 Å². The van der Waals surface area contributed by atoms with Gasteiger partial charge in [-0.15, -0.1) is 0 Å². The van der Waals surface area contributed by atoms with E-state index in [2.05, 4.69) is 44.1 Å². The normalized spacial score (nSPS) is 22.0. The van der Waals surface area contributed by atoms with Crippen LogP contribution in [0.3, 0.4) is 0 Å². The quantitative estimate of drug-likeness (QED) is 0.758. The number of ether oxygens (including phenoxy) is 2. The number of aromatic nitrogens is 1. The van der Waals surface area contributed by atoms with Crippen molar-refractivity contribution in [2.75, 3.05) is 38.8 Å². The van der Waals surface area contributed by atoms with Gasteiger partial charge in [-0.2, -0.15) is 0 Å². The van der Waals surface area contributed by atoms with Crippen molar-refractivity contribution in [1.82, 2.24) is 10.3 Å². The van der Waals surface area contributed by atoms with Crippen LogP contribution in [0.4, 0.5) is 5.82 Å². The number of methoxy groups -OCH3 is 2. The third kappa shape index (κ3) is 4.16. The number of anilines is 1. The van der Waals surface area contributed by atoms with Gasteiger partial charge in [-0.05, 0) is 35.0 Å². The van der Waals surface area contributed by atoms with E-state index in [-0.39, 0.29) is 12.2 Å². The summed E-state index contributed by atoms with van der Waals surface area (Å²) in [5, 5.41) is 3.44. The van der Waals surface area contributed by atoms with Crippen LogP contribution in [0.5, 0.6) is 0 Å². The lowest BCUT2D eigenvalue weighted by molar-refractivity contribution is -0.00461. The van der Waals surface area contributed by atoms with Crippen LogP contribution in [-0.4, -0.2) is 51.0 Å². The van der Waals surface area contributed by atoms with Gasteiger partial charge in [0.1, 0.15) is 18.0 Å². The van der Waals surface area contributed by atoms with Crippen LogP contribution >= 0.6 is 15.9 Å². The topological polar surface area (TPSA) is 46.6 Å². The number of halogens is 1. The first-order chi connectivity index (χ1) is 10.2. The van der Waals surface area contributed by atoms with Gasteiger partial charge in [0.2, 0.25) is 0 Å². The van der Waals surface area contributed by atoms with Gasteiger partial charge in [0, 0.05) is 50.1 Å². The minimum Gasteiger partial charge on any atom is -0.377 e. The average Bonchev–Trinajstić information content (AvgIpc) is 2.91. The summed E-state index contributed by atoms with van der Waals surface area (Å²) in [7, 11) is 3.47. The minimum atomic E-state index is 0.0943. The molecule has 1 aromatic rings. The van der Waals surface area contributed by atoms with Gasteiger partial charge >= 0.3 is 0 Å². The summed E-state index contributed by atoms with van der Waals surface area (Å²) < 4.78 is 12.0. The molecular weight excluding hydrogens is 334 g/mol. The molecule has 1 N–H and O–H groups in total. The summed E-state index contributed by atoms with van der Waals surface area (Å²) in [6.07, 6.45) is 3.16. The number of nitrogens with one attached hydrogen (secondary N) is 1. The predicted octanol–water partition coefficient (Wildman–Crippen LogP) is 2.19. The molecule has 118 valence electrons. The van der Waals surface area contributed by atoms with Gasteiger partial charge in [-0.1, -0.05) is 6.92 Å². The van der Waals surface area contributed by atoms with Crippen LogP contribution in [0.25, 0.3) is 0 Å². The number of hydrogen-bond acceptors (Lipinski definition) is 5. The Bertz CT molecular complexity index is 447. The Labute approximate surface area is 135 Å². The molecule has 6 heteroatoms. The molecule has 2 unspecified atom stereocenters. The smallest absolute Gasteiger partial charge is 0.133 e. The van der Waals surface area contributed by atoms with Crippen LogP contribution in [0.1, 0.15) is 18.9 Å². The Kier molecular flexibility index (Phi) is 6.41. The molecule has 1 aliphatic heterocycles. The zero-order valence-electron chi connectivity index (χ0n) is 12.9. The number of pyridine rings is 1. The average molecular weight is 358 g/mol. The monoisotopic (exact) mass is 357 g/mol. The molecule has 1 saturated heterocycles. The highest BCUT2D eigenvalue weighted by atomic mass is 79.9. The number of nitrogens with zero attached hydrogens (tertiary/aromatic N) is 2. The first-order valence-electron chi connectivity index (χ1n) is 7.35. The van der Waals surface area contributed by atoms with E-state index in [0.29, 0.717) is 0 Å². The summed E-state index contributed by atoms with van der Waals surface area (Å²) >= 11 is 3.51. The third-order valence-electron chi connectivity index (χ3n) is 3.77. The van der Waals surface area contributed by atoms with Crippen molar-refractivity contribution in [2.24, 2.45) is 0 Å². The Morgan fingerprint density at radius 1 is 1.33 bits per heavy atom. The largest absolute Gasteiger partial charge is 0.377 e. The van der Waals surface area contributed by atoms with Crippen LogP contribution < -0.4 is 10.2 Å². The highest BCUT2D eigenvalue weighted by Crippen LogP contribution is 2.26. The SMILES string of the molecule is CCCNCc1cc(Br)cnc1N1CC(OC)C(OC)C1. The highest BCUT2D eigenvalue weighted by Gasteiger charge is 2.34. The van der Waals surface area contributed by atoms with Crippen molar-refractivity contribution in [3.05, 3.63) is 22.3 Å². The maximum absolute atomic E-state index is 5.51. The molecule has 0 bridgehead atoms. The first-order valence-corrected chi connectivity index (χ1v) is 8.14. The second kappa shape index (κ2) is 8.08. The van der Waals surface area contributed by atoms with Gasteiger partial charge in [0.05, 0.1) is 0 Å². The van der Waals surface area contributed by atoms with Crippen molar-refractivity contribution in [2.45, 2.75) is 32.1 Å². The fraction of sp³-hybridized carbons (Fsp3) is 0.667. The fourth-order valence-electron chi connectivity index (χ4n) is 2.66. The van der Waals surface area contributed by atoms with Gasteiger partial charge in [0.15, 0.2) is 0 Å². The van der Waals surface area contributed by atoms with Gasteiger partial charge < -0.3 is 19.7 Å². The molecule has 0 saturated carbocycles. The van der Waals surface area contributed by atoms with E-state index in [4.69, 9.17) is 9.47 Å².